The minimum atomic E-state index is 1.25. The molecule has 0 aromatic heterocycles. The Morgan fingerprint density at radius 3 is 1.10 bits per heavy atom. The van der Waals surface area contributed by atoms with E-state index in [4.69, 9.17) is 0 Å². The molecule has 0 amide bonds. The van der Waals surface area contributed by atoms with E-state index in [1.807, 2.05) is 0 Å². The lowest BCUT2D eigenvalue weighted by Gasteiger charge is -2.39. The lowest BCUT2D eigenvalue weighted by atomic mass is 10.0. The van der Waals surface area contributed by atoms with Gasteiger partial charge >= 0.3 is 0 Å². The Labute approximate surface area is 196 Å². The number of nitrogens with zero attached hydrogens (tertiary/aromatic N) is 1. The lowest BCUT2D eigenvalue weighted by molar-refractivity contribution is 0.252. The van der Waals surface area contributed by atoms with Crippen LogP contribution < -0.4 is 4.48 Å². The van der Waals surface area contributed by atoms with Gasteiger partial charge in [0.05, 0.1) is 19.6 Å². The van der Waals surface area contributed by atoms with Gasteiger partial charge in [0, 0.05) is 0 Å². The Morgan fingerprint density at radius 2 is 0.742 bits per heavy atom. The van der Waals surface area contributed by atoms with Gasteiger partial charge in [0.25, 0.3) is 0 Å². The Bertz CT molecular complexity index is 440. The minimum Gasteiger partial charge on any atom is -0.291 e. The summed E-state index contributed by atoms with van der Waals surface area (Å²) in [6.45, 7) is 11.0. The van der Waals surface area contributed by atoms with E-state index < -0.39 is 0 Å². The first kappa shape index (κ1) is 28.2. The topological polar surface area (TPSA) is 0 Å². The van der Waals surface area contributed by atoms with Crippen LogP contribution in [0.15, 0.2) is 30.3 Å². The number of unbranched alkanes of at least 4 members (excludes halogenated alkanes) is 15. The van der Waals surface area contributed by atoms with Gasteiger partial charge in [-0.15, -0.1) is 0 Å². The monoisotopic (exact) mass is 430 g/mol. The average Bonchev–Trinajstić information content (AvgIpc) is 2.80. The van der Waals surface area contributed by atoms with E-state index >= 15 is 0 Å². The molecule has 0 spiro atoms. The normalized spacial score (nSPS) is 11.8. The molecule has 0 saturated heterocycles. The zero-order valence-electron chi connectivity index (χ0n) is 21.7. The van der Waals surface area contributed by atoms with Crippen molar-refractivity contribution in [2.24, 2.45) is 0 Å². The fourth-order valence-corrected chi connectivity index (χ4v) is 5.05. The summed E-state index contributed by atoms with van der Waals surface area (Å²) in [7, 11) is 0. The van der Waals surface area contributed by atoms with Gasteiger partial charge in [-0.2, -0.15) is 0 Å². The van der Waals surface area contributed by atoms with Crippen molar-refractivity contribution in [1.82, 2.24) is 4.48 Å². The molecule has 180 valence electrons. The summed E-state index contributed by atoms with van der Waals surface area (Å²) in [4.78, 5) is 0. The maximum absolute atomic E-state index is 2.42. The summed E-state index contributed by atoms with van der Waals surface area (Å²) in [6, 6.07) is 11.6. The molecule has 1 aromatic carbocycles. The van der Waals surface area contributed by atoms with E-state index in [0.717, 1.165) is 0 Å². The van der Waals surface area contributed by atoms with Crippen molar-refractivity contribution < 1.29 is 0 Å². The Morgan fingerprint density at radius 1 is 0.419 bits per heavy atom. The highest BCUT2D eigenvalue weighted by Crippen LogP contribution is 2.27. The van der Waals surface area contributed by atoms with Crippen LogP contribution in [0.5, 0.6) is 0 Å². The molecule has 0 aliphatic rings. The van der Waals surface area contributed by atoms with Crippen molar-refractivity contribution in [2.45, 2.75) is 136 Å². The van der Waals surface area contributed by atoms with Gasteiger partial charge in [0.1, 0.15) is 5.69 Å². The molecule has 1 rings (SSSR count). The molecular formula is C30H56N+. The molecule has 0 atom stereocenters. The Kier molecular flexibility index (Phi) is 18.1. The maximum Gasteiger partial charge on any atom is 0.132 e. The summed E-state index contributed by atoms with van der Waals surface area (Å²) in [5, 5.41) is 0. The average molecular weight is 431 g/mol. The highest BCUT2D eigenvalue weighted by Gasteiger charge is 2.29. The first-order valence-electron chi connectivity index (χ1n) is 14.2. The second kappa shape index (κ2) is 19.8. The lowest BCUT2D eigenvalue weighted by Crippen LogP contribution is -2.51. The van der Waals surface area contributed by atoms with Crippen LogP contribution in [0, 0.1) is 0 Å². The van der Waals surface area contributed by atoms with Gasteiger partial charge in [-0.3, -0.25) is 4.48 Å². The molecule has 0 radical (unpaired) electrons. The van der Waals surface area contributed by atoms with Gasteiger partial charge in [0.2, 0.25) is 0 Å². The first-order valence-corrected chi connectivity index (χ1v) is 14.2. The second-order valence-electron chi connectivity index (χ2n) is 9.95. The summed E-state index contributed by atoms with van der Waals surface area (Å²) >= 11 is 0. The van der Waals surface area contributed by atoms with Gasteiger partial charge in [-0.25, -0.2) is 0 Å². The number of hydrogen-bond acceptors (Lipinski definition) is 0. The van der Waals surface area contributed by atoms with Gasteiger partial charge in [0.15, 0.2) is 0 Å². The predicted molar refractivity (Wildman–Crippen MR) is 143 cm³/mol. The highest BCUT2D eigenvalue weighted by atomic mass is 15.4. The quantitative estimate of drug-likeness (QED) is 0.127. The molecular weight excluding hydrogens is 374 g/mol. The largest absolute Gasteiger partial charge is 0.291 e. The van der Waals surface area contributed by atoms with E-state index in [-0.39, 0.29) is 0 Å². The number of para-hydroxylation sites is 1. The van der Waals surface area contributed by atoms with E-state index in [1.165, 1.54) is 140 Å². The summed E-state index contributed by atoms with van der Waals surface area (Å²) in [6.07, 6.45) is 25.3. The number of hydrogen-bond donors (Lipinski definition) is 0. The van der Waals surface area contributed by atoms with Gasteiger partial charge in [-0.1, -0.05) is 116 Å². The fourth-order valence-electron chi connectivity index (χ4n) is 5.05. The summed E-state index contributed by atoms with van der Waals surface area (Å²) < 4.78 is 1.25. The van der Waals surface area contributed by atoms with E-state index in [1.54, 1.807) is 5.69 Å². The number of rotatable bonds is 22. The number of quaternary nitrogens is 1. The summed E-state index contributed by atoms with van der Waals surface area (Å²) in [5.41, 5.74) is 1.58. The van der Waals surface area contributed by atoms with Crippen LogP contribution in [-0.2, 0) is 0 Å². The Balaban J connectivity index is 2.71. The number of benzene rings is 1. The molecule has 0 aliphatic carbocycles. The SMILES string of the molecule is CCCCCCCC[N+](CCCCCCCC)(CCCCCCCC)c1ccccc1. The third kappa shape index (κ3) is 13.4. The summed E-state index contributed by atoms with van der Waals surface area (Å²) in [5.74, 6) is 0. The van der Waals surface area contributed by atoms with E-state index in [0.29, 0.717) is 0 Å². The molecule has 0 heterocycles. The predicted octanol–water partition coefficient (Wildman–Crippen LogP) is 10.1. The molecule has 1 heteroatoms. The van der Waals surface area contributed by atoms with Crippen LogP contribution >= 0.6 is 0 Å². The van der Waals surface area contributed by atoms with Crippen LogP contribution in [0.1, 0.15) is 136 Å². The third-order valence-corrected chi connectivity index (χ3v) is 7.12. The molecule has 1 nitrogen and oxygen atoms in total. The minimum absolute atomic E-state index is 1.25. The zero-order chi connectivity index (χ0) is 22.5. The maximum atomic E-state index is 2.42. The van der Waals surface area contributed by atoms with Crippen molar-refractivity contribution in [3.05, 3.63) is 30.3 Å². The highest BCUT2D eigenvalue weighted by molar-refractivity contribution is 5.42. The van der Waals surface area contributed by atoms with Crippen molar-refractivity contribution in [3.63, 3.8) is 0 Å². The van der Waals surface area contributed by atoms with Crippen LogP contribution in [-0.4, -0.2) is 19.6 Å². The van der Waals surface area contributed by atoms with Crippen molar-refractivity contribution in [1.29, 1.82) is 0 Å². The van der Waals surface area contributed by atoms with Crippen LogP contribution in [0.4, 0.5) is 5.69 Å². The molecule has 31 heavy (non-hydrogen) atoms. The van der Waals surface area contributed by atoms with E-state index in [2.05, 4.69) is 51.1 Å². The van der Waals surface area contributed by atoms with Gasteiger partial charge < -0.3 is 0 Å². The molecule has 0 bridgehead atoms. The molecule has 1 aromatic rings. The van der Waals surface area contributed by atoms with Crippen molar-refractivity contribution >= 4 is 5.69 Å². The van der Waals surface area contributed by atoms with Crippen LogP contribution in [0.25, 0.3) is 0 Å². The molecule has 0 unspecified atom stereocenters. The molecule has 0 saturated carbocycles. The fraction of sp³-hybridized carbons (Fsp3) is 0.800. The molecule has 0 N–H and O–H groups in total. The second-order valence-corrected chi connectivity index (χ2v) is 9.95. The van der Waals surface area contributed by atoms with Crippen LogP contribution in [0.3, 0.4) is 0 Å². The standard InChI is InChI=1S/C30H56N/c1-4-7-10-13-16-22-27-31(30-25-20-19-21-26-30,28-23-17-14-11-8-5-2)29-24-18-15-12-9-6-3/h19-21,25-26H,4-18,22-24,27-29H2,1-3H3/q+1. The first-order chi connectivity index (χ1) is 15.3. The van der Waals surface area contributed by atoms with Crippen LogP contribution in [0.2, 0.25) is 0 Å². The molecule has 0 aliphatic heterocycles. The molecule has 0 fully saturated rings. The van der Waals surface area contributed by atoms with Crippen molar-refractivity contribution in [3.8, 4) is 0 Å². The van der Waals surface area contributed by atoms with Gasteiger partial charge in [-0.05, 0) is 50.7 Å². The smallest absolute Gasteiger partial charge is 0.132 e. The van der Waals surface area contributed by atoms with E-state index in [9.17, 15) is 0 Å². The van der Waals surface area contributed by atoms with Crippen molar-refractivity contribution in [2.75, 3.05) is 19.6 Å². The Hall–Kier alpha value is -0.820. The zero-order valence-corrected chi connectivity index (χ0v) is 21.7. The third-order valence-electron chi connectivity index (χ3n) is 7.12.